The third-order valence-electron chi connectivity index (χ3n) is 5.17. The van der Waals surface area contributed by atoms with E-state index in [9.17, 15) is 10.1 Å². The number of nitrogens with zero attached hydrogens (tertiary/aromatic N) is 2. The highest BCUT2D eigenvalue weighted by Gasteiger charge is 2.19. The number of carbonyl (C=O) groups is 1. The number of hydrogen-bond donors (Lipinski definition) is 1. The summed E-state index contributed by atoms with van der Waals surface area (Å²) in [6.45, 7) is 9.65. The Morgan fingerprint density at radius 2 is 1.96 bits per heavy atom. The zero-order chi connectivity index (χ0) is 20.3. The van der Waals surface area contributed by atoms with E-state index >= 15 is 0 Å². The van der Waals surface area contributed by atoms with Crippen molar-refractivity contribution in [3.63, 3.8) is 0 Å². The van der Waals surface area contributed by atoms with Gasteiger partial charge in [0.25, 0.3) is 5.91 Å². The molecule has 1 saturated heterocycles. The zero-order valence-electron chi connectivity index (χ0n) is 17.0. The van der Waals surface area contributed by atoms with E-state index < -0.39 is 5.91 Å². The predicted octanol–water partition coefficient (Wildman–Crippen LogP) is 4.45. The van der Waals surface area contributed by atoms with Crippen molar-refractivity contribution in [1.82, 2.24) is 4.57 Å². The third kappa shape index (κ3) is 4.52. The first-order chi connectivity index (χ1) is 13.4. The van der Waals surface area contributed by atoms with Gasteiger partial charge in [0.15, 0.2) is 0 Å². The maximum absolute atomic E-state index is 12.6. The highest BCUT2D eigenvalue weighted by Crippen LogP contribution is 2.22. The molecule has 3 rings (SSSR count). The number of rotatable bonds is 5. The van der Waals surface area contributed by atoms with Crippen molar-refractivity contribution < 1.29 is 9.53 Å². The van der Waals surface area contributed by atoms with Crippen LogP contribution in [0.5, 0.6) is 0 Å². The second-order valence-electron chi connectivity index (χ2n) is 7.57. The monoisotopic (exact) mass is 377 g/mol. The Balaban J connectivity index is 1.81. The van der Waals surface area contributed by atoms with Crippen molar-refractivity contribution in [2.75, 3.05) is 11.9 Å². The molecule has 5 nitrogen and oxygen atoms in total. The minimum atomic E-state index is -0.392. The first-order valence-electron chi connectivity index (χ1n) is 9.67. The van der Waals surface area contributed by atoms with E-state index in [1.807, 2.05) is 58.0 Å². The van der Waals surface area contributed by atoms with Gasteiger partial charge in [-0.3, -0.25) is 4.79 Å². The second-order valence-corrected chi connectivity index (χ2v) is 7.57. The molecule has 1 aliphatic rings. The molecule has 2 heterocycles. The number of anilines is 1. The summed E-state index contributed by atoms with van der Waals surface area (Å²) in [5.74, 6) is -0.392. The van der Waals surface area contributed by atoms with E-state index in [4.69, 9.17) is 4.74 Å². The fourth-order valence-corrected chi connectivity index (χ4v) is 3.80. The Morgan fingerprint density at radius 1 is 1.25 bits per heavy atom. The van der Waals surface area contributed by atoms with Crippen LogP contribution in [0.3, 0.4) is 0 Å². The van der Waals surface area contributed by atoms with Gasteiger partial charge >= 0.3 is 0 Å². The molecule has 0 radical (unpaired) electrons. The lowest BCUT2D eigenvalue weighted by Gasteiger charge is -2.14. The molecule has 1 N–H and O–H groups in total. The van der Waals surface area contributed by atoms with Crippen LogP contribution in [-0.4, -0.2) is 23.2 Å². The van der Waals surface area contributed by atoms with E-state index in [-0.39, 0.29) is 11.7 Å². The fourth-order valence-electron chi connectivity index (χ4n) is 3.80. The van der Waals surface area contributed by atoms with Gasteiger partial charge in [0.2, 0.25) is 0 Å². The Labute approximate surface area is 166 Å². The smallest absolute Gasteiger partial charge is 0.266 e. The van der Waals surface area contributed by atoms with E-state index in [1.165, 1.54) is 0 Å². The summed E-state index contributed by atoms with van der Waals surface area (Å²) in [5, 5.41) is 12.4. The summed E-state index contributed by atoms with van der Waals surface area (Å²) in [5.41, 5.74) is 5.96. The zero-order valence-corrected chi connectivity index (χ0v) is 17.0. The molecule has 0 spiro atoms. The van der Waals surface area contributed by atoms with Gasteiger partial charge in [-0.2, -0.15) is 5.26 Å². The second kappa shape index (κ2) is 8.45. The number of hydrogen-bond acceptors (Lipinski definition) is 3. The number of amides is 1. The van der Waals surface area contributed by atoms with Crippen molar-refractivity contribution in [2.24, 2.45) is 0 Å². The normalized spacial score (nSPS) is 16.8. The molecule has 1 atom stereocenters. The topological polar surface area (TPSA) is 67.0 Å². The highest BCUT2D eigenvalue weighted by molar-refractivity contribution is 6.09. The maximum Gasteiger partial charge on any atom is 0.266 e. The van der Waals surface area contributed by atoms with Gasteiger partial charge in [-0.15, -0.1) is 0 Å². The van der Waals surface area contributed by atoms with Crippen LogP contribution >= 0.6 is 0 Å². The molecular weight excluding hydrogens is 350 g/mol. The van der Waals surface area contributed by atoms with Gasteiger partial charge < -0.3 is 14.6 Å². The number of benzene rings is 1. The summed E-state index contributed by atoms with van der Waals surface area (Å²) in [4.78, 5) is 12.6. The first kappa shape index (κ1) is 19.9. The Morgan fingerprint density at radius 3 is 2.57 bits per heavy atom. The summed E-state index contributed by atoms with van der Waals surface area (Å²) in [6, 6.07) is 9.90. The maximum atomic E-state index is 12.6. The highest BCUT2D eigenvalue weighted by atomic mass is 16.5. The number of nitriles is 1. The average Bonchev–Trinajstić information content (AvgIpc) is 3.22. The predicted molar refractivity (Wildman–Crippen MR) is 111 cm³/mol. The number of carbonyl (C=O) groups excluding carboxylic acids is 1. The van der Waals surface area contributed by atoms with Gasteiger partial charge in [0, 0.05) is 30.2 Å². The SMILES string of the molecule is Cc1cc(C)cc(NC(=O)/C(C#N)=C/c2cc(C)n(C[C@@H]3CCCO3)c2C)c1. The van der Waals surface area contributed by atoms with Crippen molar-refractivity contribution in [3.8, 4) is 6.07 Å². The van der Waals surface area contributed by atoms with Crippen LogP contribution in [0.4, 0.5) is 5.69 Å². The Kier molecular flexibility index (Phi) is 6.01. The number of aromatic nitrogens is 1. The molecule has 0 unspecified atom stereocenters. The van der Waals surface area contributed by atoms with Crippen LogP contribution in [0.25, 0.3) is 6.08 Å². The van der Waals surface area contributed by atoms with Gasteiger partial charge in [0.1, 0.15) is 11.6 Å². The summed E-state index contributed by atoms with van der Waals surface area (Å²) < 4.78 is 7.96. The molecule has 1 aromatic carbocycles. The molecule has 1 amide bonds. The van der Waals surface area contributed by atoms with Gasteiger partial charge in [-0.05, 0) is 81.5 Å². The summed E-state index contributed by atoms with van der Waals surface area (Å²) in [6.07, 6.45) is 4.09. The van der Waals surface area contributed by atoms with Crippen molar-refractivity contribution in [2.45, 2.75) is 53.2 Å². The first-order valence-corrected chi connectivity index (χ1v) is 9.67. The molecule has 1 aromatic heterocycles. The Bertz CT molecular complexity index is 937. The quantitative estimate of drug-likeness (QED) is 0.618. The summed E-state index contributed by atoms with van der Waals surface area (Å²) >= 11 is 0. The molecule has 146 valence electrons. The fraction of sp³-hybridized carbons (Fsp3) is 0.391. The van der Waals surface area contributed by atoms with Gasteiger partial charge in [-0.25, -0.2) is 0 Å². The molecular formula is C23H27N3O2. The van der Waals surface area contributed by atoms with Gasteiger partial charge in [0.05, 0.1) is 6.10 Å². The van der Waals surface area contributed by atoms with Crippen LogP contribution in [0.1, 0.15) is 40.9 Å². The lowest BCUT2D eigenvalue weighted by molar-refractivity contribution is -0.112. The van der Waals surface area contributed by atoms with Crippen molar-refractivity contribution in [3.05, 3.63) is 57.9 Å². The Hall–Kier alpha value is -2.84. The van der Waals surface area contributed by atoms with Crippen LogP contribution in [0.15, 0.2) is 29.8 Å². The minimum absolute atomic E-state index is 0.0940. The number of ether oxygens (including phenoxy) is 1. The largest absolute Gasteiger partial charge is 0.376 e. The lowest BCUT2D eigenvalue weighted by Crippen LogP contribution is -2.17. The van der Waals surface area contributed by atoms with Gasteiger partial charge in [-0.1, -0.05) is 6.07 Å². The number of aryl methyl sites for hydroxylation is 3. The molecule has 1 aliphatic heterocycles. The van der Waals surface area contributed by atoms with Crippen LogP contribution < -0.4 is 5.32 Å². The third-order valence-corrected chi connectivity index (χ3v) is 5.17. The van der Waals surface area contributed by atoms with Crippen molar-refractivity contribution in [1.29, 1.82) is 5.26 Å². The standard InChI is InChI=1S/C23H27N3O2/c1-15-8-16(2)10-21(9-15)25-23(27)20(13-24)12-19-11-17(3)26(18(19)4)14-22-6-5-7-28-22/h8-12,22H,5-7,14H2,1-4H3,(H,25,27)/b20-12+/t22-/m0/s1. The molecule has 1 fully saturated rings. The molecule has 0 bridgehead atoms. The van der Waals surface area contributed by atoms with Crippen LogP contribution in [0, 0.1) is 39.0 Å². The summed E-state index contributed by atoms with van der Waals surface area (Å²) in [7, 11) is 0. The van der Waals surface area contributed by atoms with Crippen LogP contribution in [0.2, 0.25) is 0 Å². The number of nitrogens with one attached hydrogen (secondary N) is 1. The molecule has 2 aromatic rings. The van der Waals surface area contributed by atoms with E-state index in [2.05, 4.69) is 9.88 Å². The lowest BCUT2D eigenvalue weighted by atomic mass is 10.1. The molecule has 0 saturated carbocycles. The average molecular weight is 377 g/mol. The van der Waals surface area contributed by atoms with E-state index in [0.29, 0.717) is 5.69 Å². The van der Waals surface area contributed by atoms with Crippen LogP contribution in [-0.2, 0) is 16.1 Å². The molecule has 0 aliphatic carbocycles. The molecule has 28 heavy (non-hydrogen) atoms. The van der Waals surface area contributed by atoms with E-state index in [0.717, 1.165) is 54.1 Å². The minimum Gasteiger partial charge on any atom is -0.376 e. The van der Waals surface area contributed by atoms with Crippen molar-refractivity contribution >= 4 is 17.7 Å². The molecule has 5 heteroatoms. The van der Waals surface area contributed by atoms with E-state index in [1.54, 1.807) is 6.08 Å².